The highest BCUT2D eigenvalue weighted by Crippen LogP contribution is 2.28. The van der Waals surface area contributed by atoms with E-state index in [1.54, 1.807) is 0 Å². The zero-order valence-corrected chi connectivity index (χ0v) is 9.45. The van der Waals surface area contributed by atoms with E-state index in [0.717, 1.165) is 16.7 Å². The maximum Gasteiger partial charge on any atom is 0.234 e. The third-order valence-corrected chi connectivity index (χ3v) is 2.91. The van der Waals surface area contributed by atoms with Crippen molar-refractivity contribution in [1.82, 2.24) is 0 Å². The Balaban J connectivity index is 2.72. The summed E-state index contributed by atoms with van der Waals surface area (Å²) in [4.78, 5) is 10.9. The first-order valence-corrected chi connectivity index (χ1v) is 5.28. The van der Waals surface area contributed by atoms with Crippen LogP contribution < -0.4 is 0 Å². The summed E-state index contributed by atoms with van der Waals surface area (Å²) < 4.78 is 0. The molecule has 0 aliphatic rings. The van der Waals surface area contributed by atoms with Crippen LogP contribution in [-0.2, 0) is 4.79 Å². The van der Waals surface area contributed by atoms with Gasteiger partial charge in [0.05, 0.1) is 0 Å². The molecule has 0 unspecified atom stereocenters. The molecule has 0 aromatic heterocycles. The fourth-order valence-electron chi connectivity index (χ4n) is 1.88. The average molecular weight is 209 g/mol. The van der Waals surface area contributed by atoms with Crippen LogP contribution in [0.2, 0.25) is 0 Å². The lowest BCUT2D eigenvalue weighted by Crippen LogP contribution is -1.94. The van der Waals surface area contributed by atoms with Gasteiger partial charge in [-0.15, -0.1) is 0 Å². The van der Waals surface area contributed by atoms with Crippen LogP contribution >= 0.6 is 0 Å². The number of aryl methyl sites for hydroxylation is 1. The van der Waals surface area contributed by atoms with Crippen molar-refractivity contribution in [3.63, 3.8) is 0 Å². The van der Waals surface area contributed by atoms with E-state index in [1.165, 1.54) is 5.56 Å². The number of hydrogen-bond acceptors (Lipinski definition) is 1. The molecule has 0 bridgehead atoms. The lowest BCUT2D eigenvalue weighted by atomic mass is 9.93. The minimum atomic E-state index is 0.634. The zero-order valence-electron chi connectivity index (χ0n) is 9.45. The van der Waals surface area contributed by atoms with Gasteiger partial charge in [-0.2, -0.15) is 0 Å². The van der Waals surface area contributed by atoms with Crippen LogP contribution in [0.3, 0.4) is 0 Å². The average Bonchev–Trinajstić information content (AvgIpc) is 2.33. The third kappa shape index (κ3) is 1.76. The molecular formula is C15H13O. The Labute approximate surface area is 95.7 Å². The minimum absolute atomic E-state index is 0.634. The second kappa shape index (κ2) is 4.31. The highest BCUT2D eigenvalue weighted by atomic mass is 16.1. The minimum Gasteiger partial charge on any atom is -0.285 e. The molecule has 2 aromatic rings. The second-order valence-electron chi connectivity index (χ2n) is 3.90. The Morgan fingerprint density at radius 2 is 1.62 bits per heavy atom. The molecule has 0 heterocycles. The maximum atomic E-state index is 10.9. The van der Waals surface area contributed by atoms with Gasteiger partial charge in [0, 0.05) is 5.56 Å². The summed E-state index contributed by atoms with van der Waals surface area (Å²) in [7, 11) is 0. The quantitative estimate of drug-likeness (QED) is 0.740. The lowest BCUT2D eigenvalue weighted by molar-refractivity contribution is 0.563. The van der Waals surface area contributed by atoms with Crippen molar-refractivity contribution in [2.75, 3.05) is 0 Å². The third-order valence-electron chi connectivity index (χ3n) is 2.91. The maximum absolute atomic E-state index is 10.9. The predicted octanol–water partition coefficient (Wildman–Crippen LogP) is 3.43. The van der Waals surface area contributed by atoms with Crippen molar-refractivity contribution in [2.24, 2.45) is 0 Å². The van der Waals surface area contributed by atoms with Gasteiger partial charge in [0.1, 0.15) is 0 Å². The summed E-state index contributed by atoms with van der Waals surface area (Å²) in [5.74, 6) is 0. The molecule has 0 amide bonds. The molecular weight excluding hydrogens is 196 g/mol. The van der Waals surface area contributed by atoms with E-state index >= 15 is 0 Å². The Morgan fingerprint density at radius 3 is 2.25 bits per heavy atom. The molecule has 2 aromatic carbocycles. The van der Waals surface area contributed by atoms with Crippen LogP contribution in [0.15, 0.2) is 42.5 Å². The molecule has 0 atom stereocenters. The van der Waals surface area contributed by atoms with Crippen molar-refractivity contribution in [3.05, 3.63) is 59.2 Å². The molecule has 16 heavy (non-hydrogen) atoms. The molecule has 0 aliphatic carbocycles. The van der Waals surface area contributed by atoms with Crippen molar-refractivity contribution in [2.45, 2.75) is 13.8 Å². The molecule has 0 aliphatic heterocycles. The number of carbonyl (C=O) groups excluding carboxylic acids is 1. The molecule has 1 radical (unpaired) electrons. The fourth-order valence-corrected chi connectivity index (χ4v) is 1.88. The van der Waals surface area contributed by atoms with Gasteiger partial charge in [0.25, 0.3) is 0 Å². The Kier molecular flexibility index (Phi) is 2.86. The normalized spacial score (nSPS) is 10.1. The zero-order chi connectivity index (χ0) is 11.5. The fraction of sp³-hybridized carbons (Fsp3) is 0.133. The van der Waals surface area contributed by atoms with E-state index in [9.17, 15) is 4.79 Å². The molecule has 79 valence electrons. The summed E-state index contributed by atoms with van der Waals surface area (Å²) >= 11 is 0. The Bertz CT molecular complexity index is 512. The largest absolute Gasteiger partial charge is 0.285 e. The van der Waals surface area contributed by atoms with Gasteiger partial charge in [0.15, 0.2) is 0 Å². The molecule has 0 spiro atoms. The number of hydrogen-bond donors (Lipinski definition) is 0. The van der Waals surface area contributed by atoms with Crippen LogP contribution in [0.5, 0.6) is 0 Å². The summed E-state index contributed by atoms with van der Waals surface area (Å²) in [6, 6.07) is 13.8. The molecule has 1 nitrogen and oxygen atoms in total. The standard InChI is InChI=1S/C15H13O/c1-11-8-9-14(10-16)15(12(11)2)13-6-4-3-5-7-13/h3-9H,1-2H3. The highest BCUT2D eigenvalue weighted by molar-refractivity contribution is 5.89. The molecule has 0 saturated carbocycles. The Hall–Kier alpha value is -1.89. The molecule has 0 N–H and O–H groups in total. The first kappa shape index (κ1) is 10.6. The Morgan fingerprint density at radius 1 is 0.938 bits per heavy atom. The van der Waals surface area contributed by atoms with Gasteiger partial charge in [-0.25, -0.2) is 0 Å². The van der Waals surface area contributed by atoms with E-state index < -0.39 is 0 Å². The van der Waals surface area contributed by atoms with Crippen LogP contribution in [0.4, 0.5) is 0 Å². The van der Waals surface area contributed by atoms with E-state index in [-0.39, 0.29) is 0 Å². The van der Waals surface area contributed by atoms with E-state index in [0.29, 0.717) is 5.56 Å². The van der Waals surface area contributed by atoms with E-state index in [4.69, 9.17) is 0 Å². The lowest BCUT2D eigenvalue weighted by Gasteiger charge is -2.11. The van der Waals surface area contributed by atoms with Gasteiger partial charge in [-0.05, 0) is 42.2 Å². The van der Waals surface area contributed by atoms with Crippen LogP contribution in [0.1, 0.15) is 16.7 Å². The monoisotopic (exact) mass is 209 g/mol. The molecule has 0 saturated heterocycles. The smallest absolute Gasteiger partial charge is 0.234 e. The van der Waals surface area contributed by atoms with Crippen LogP contribution in [-0.4, -0.2) is 6.29 Å². The first-order valence-electron chi connectivity index (χ1n) is 5.28. The summed E-state index contributed by atoms with van der Waals surface area (Å²) in [5.41, 5.74) is 5.04. The molecule has 1 heteroatoms. The number of rotatable bonds is 2. The van der Waals surface area contributed by atoms with Gasteiger partial charge in [0.2, 0.25) is 6.29 Å². The summed E-state index contributed by atoms with van der Waals surface area (Å²) in [6.45, 7) is 4.09. The SMILES string of the molecule is Cc1ccc([C]=O)c(-c2ccccc2)c1C. The molecule has 0 fully saturated rings. The van der Waals surface area contributed by atoms with Crippen LogP contribution in [0.25, 0.3) is 11.1 Å². The van der Waals surface area contributed by atoms with Crippen molar-refractivity contribution in [3.8, 4) is 11.1 Å². The van der Waals surface area contributed by atoms with Gasteiger partial charge >= 0.3 is 0 Å². The van der Waals surface area contributed by atoms with Gasteiger partial charge < -0.3 is 0 Å². The van der Waals surface area contributed by atoms with E-state index in [1.807, 2.05) is 55.7 Å². The highest BCUT2D eigenvalue weighted by Gasteiger charge is 2.09. The van der Waals surface area contributed by atoms with Gasteiger partial charge in [-0.3, -0.25) is 4.79 Å². The summed E-state index contributed by atoms with van der Waals surface area (Å²) in [6.07, 6.45) is 2.01. The summed E-state index contributed by atoms with van der Waals surface area (Å²) in [5, 5.41) is 0. The van der Waals surface area contributed by atoms with Crippen molar-refractivity contribution >= 4 is 6.29 Å². The predicted molar refractivity (Wildman–Crippen MR) is 66.1 cm³/mol. The van der Waals surface area contributed by atoms with Crippen molar-refractivity contribution < 1.29 is 4.79 Å². The molecule has 2 rings (SSSR count). The van der Waals surface area contributed by atoms with E-state index in [2.05, 4.69) is 6.92 Å². The second-order valence-corrected chi connectivity index (χ2v) is 3.90. The first-order chi connectivity index (χ1) is 7.74. The topological polar surface area (TPSA) is 17.1 Å². The van der Waals surface area contributed by atoms with Gasteiger partial charge in [-0.1, -0.05) is 36.4 Å². The van der Waals surface area contributed by atoms with Crippen LogP contribution in [0, 0.1) is 13.8 Å². The van der Waals surface area contributed by atoms with Crippen molar-refractivity contribution in [1.29, 1.82) is 0 Å². The number of benzene rings is 2.